The van der Waals surface area contributed by atoms with Crippen LogP contribution in [0.3, 0.4) is 0 Å². The van der Waals surface area contributed by atoms with Crippen LogP contribution in [0.4, 0.5) is 5.69 Å². The molecule has 0 atom stereocenters. The number of aryl methyl sites for hydroxylation is 2. The normalized spacial score (nSPS) is 15.4. The molecule has 4 nitrogen and oxygen atoms in total. The Bertz CT molecular complexity index is 755. The van der Waals surface area contributed by atoms with Gasteiger partial charge in [0.25, 0.3) is 0 Å². The van der Waals surface area contributed by atoms with Crippen LogP contribution in [-0.4, -0.2) is 48.7 Å². The Hall–Kier alpha value is -1.98. The predicted molar refractivity (Wildman–Crippen MR) is 103 cm³/mol. The molecule has 0 aliphatic carbocycles. The number of carbonyl (C=O) groups is 1. The molecule has 0 radical (unpaired) electrons. The van der Waals surface area contributed by atoms with Gasteiger partial charge in [-0.3, -0.25) is 9.69 Å². The fourth-order valence-electron chi connectivity index (χ4n) is 3.18. The van der Waals surface area contributed by atoms with Crippen molar-refractivity contribution in [1.82, 2.24) is 4.90 Å². The molecule has 132 valence electrons. The molecule has 1 aliphatic heterocycles. The van der Waals surface area contributed by atoms with E-state index in [-0.39, 0.29) is 6.54 Å². The van der Waals surface area contributed by atoms with E-state index < -0.39 is 5.97 Å². The van der Waals surface area contributed by atoms with Gasteiger partial charge < -0.3 is 10.0 Å². The standard InChI is InChI=1S/C20H24N2O2S/c1-15-7-8-18(16(2)13-15)25-19-6-4-3-5-17(19)22-11-9-21(10-12-22)14-20(23)24/h3-8,13H,9-12,14H2,1-2H3,(H,23,24). The summed E-state index contributed by atoms with van der Waals surface area (Å²) in [7, 11) is 0. The highest BCUT2D eigenvalue weighted by Gasteiger charge is 2.20. The van der Waals surface area contributed by atoms with Crippen LogP contribution in [-0.2, 0) is 4.79 Å². The van der Waals surface area contributed by atoms with Crippen molar-refractivity contribution in [3.05, 3.63) is 53.6 Å². The van der Waals surface area contributed by atoms with E-state index in [0.29, 0.717) is 0 Å². The van der Waals surface area contributed by atoms with E-state index in [9.17, 15) is 4.79 Å². The molecular weight excluding hydrogens is 332 g/mol. The predicted octanol–water partition coefficient (Wildman–Crippen LogP) is 3.66. The summed E-state index contributed by atoms with van der Waals surface area (Å²) in [5.41, 5.74) is 3.82. The van der Waals surface area contributed by atoms with Gasteiger partial charge in [-0.15, -0.1) is 0 Å². The maximum atomic E-state index is 10.9. The van der Waals surface area contributed by atoms with Crippen LogP contribution in [0.15, 0.2) is 52.3 Å². The molecule has 2 aromatic rings. The molecule has 0 aromatic heterocycles. The van der Waals surface area contributed by atoms with Gasteiger partial charge in [0.2, 0.25) is 0 Å². The van der Waals surface area contributed by atoms with E-state index in [0.717, 1.165) is 26.2 Å². The first-order chi connectivity index (χ1) is 12.0. The molecule has 0 bridgehead atoms. The molecule has 0 amide bonds. The van der Waals surface area contributed by atoms with Crippen LogP contribution in [0, 0.1) is 13.8 Å². The summed E-state index contributed by atoms with van der Waals surface area (Å²) in [6, 6.07) is 15.1. The number of carboxylic acid groups (broad SMARTS) is 1. The number of hydrogen-bond donors (Lipinski definition) is 1. The number of anilines is 1. The van der Waals surface area contributed by atoms with Crippen LogP contribution in [0.5, 0.6) is 0 Å². The van der Waals surface area contributed by atoms with E-state index >= 15 is 0 Å². The number of hydrogen-bond acceptors (Lipinski definition) is 4. The second-order valence-corrected chi connectivity index (χ2v) is 7.58. The van der Waals surface area contributed by atoms with Crippen molar-refractivity contribution in [2.45, 2.75) is 23.6 Å². The number of nitrogens with zero attached hydrogens (tertiary/aromatic N) is 2. The first kappa shape index (κ1) is 17.8. The van der Waals surface area contributed by atoms with Crippen molar-refractivity contribution in [2.75, 3.05) is 37.6 Å². The quantitative estimate of drug-likeness (QED) is 0.886. The van der Waals surface area contributed by atoms with Crippen LogP contribution in [0.1, 0.15) is 11.1 Å². The van der Waals surface area contributed by atoms with Gasteiger partial charge in [0.1, 0.15) is 0 Å². The van der Waals surface area contributed by atoms with E-state index in [1.165, 1.54) is 26.6 Å². The molecule has 3 rings (SSSR count). The van der Waals surface area contributed by atoms with Crippen molar-refractivity contribution >= 4 is 23.4 Å². The number of aliphatic carboxylic acids is 1. The maximum Gasteiger partial charge on any atom is 0.317 e. The zero-order chi connectivity index (χ0) is 17.8. The zero-order valence-electron chi connectivity index (χ0n) is 14.7. The first-order valence-corrected chi connectivity index (χ1v) is 9.38. The molecule has 1 aliphatic rings. The molecule has 0 saturated carbocycles. The summed E-state index contributed by atoms with van der Waals surface area (Å²) in [4.78, 5) is 17.8. The number of benzene rings is 2. The molecular formula is C20H24N2O2S. The average molecular weight is 356 g/mol. The summed E-state index contributed by atoms with van der Waals surface area (Å²) >= 11 is 1.81. The Morgan fingerprint density at radius 3 is 2.44 bits per heavy atom. The highest BCUT2D eigenvalue weighted by atomic mass is 32.2. The Balaban J connectivity index is 1.74. The third-order valence-electron chi connectivity index (χ3n) is 4.49. The lowest BCUT2D eigenvalue weighted by Gasteiger charge is -2.36. The fourth-order valence-corrected chi connectivity index (χ4v) is 4.22. The Kier molecular flexibility index (Phi) is 5.66. The van der Waals surface area contributed by atoms with Gasteiger partial charge in [0, 0.05) is 36.0 Å². The van der Waals surface area contributed by atoms with Crippen molar-refractivity contribution in [2.24, 2.45) is 0 Å². The minimum atomic E-state index is -0.751. The molecule has 25 heavy (non-hydrogen) atoms. The maximum absolute atomic E-state index is 10.9. The molecule has 0 spiro atoms. The average Bonchev–Trinajstić information content (AvgIpc) is 2.58. The lowest BCUT2D eigenvalue weighted by molar-refractivity contribution is -0.138. The number of carboxylic acids is 1. The summed E-state index contributed by atoms with van der Waals surface area (Å²) < 4.78 is 0. The van der Waals surface area contributed by atoms with Crippen LogP contribution in [0.2, 0.25) is 0 Å². The van der Waals surface area contributed by atoms with Gasteiger partial charge in [0.15, 0.2) is 0 Å². The molecule has 1 N–H and O–H groups in total. The minimum absolute atomic E-state index is 0.132. The molecule has 2 aromatic carbocycles. The van der Waals surface area contributed by atoms with Crippen LogP contribution < -0.4 is 4.90 Å². The topological polar surface area (TPSA) is 43.8 Å². The van der Waals surface area contributed by atoms with Crippen molar-refractivity contribution < 1.29 is 9.90 Å². The second kappa shape index (κ2) is 7.93. The van der Waals surface area contributed by atoms with Gasteiger partial charge in [-0.25, -0.2) is 0 Å². The van der Waals surface area contributed by atoms with E-state index in [1.54, 1.807) is 11.8 Å². The second-order valence-electron chi connectivity index (χ2n) is 6.50. The smallest absolute Gasteiger partial charge is 0.317 e. The van der Waals surface area contributed by atoms with Gasteiger partial charge in [-0.05, 0) is 37.6 Å². The summed E-state index contributed by atoms with van der Waals surface area (Å²) in [5, 5.41) is 8.94. The van der Waals surface area contributed by atoms with Crippen molar-refractivity contribution in [3.8, 4) is 0 Å². The summed E-state index contributed by atoms with van der Waals surface area (Å²) in [6.07, 6.45) is 0. The van der Waals surface area contributed by atoms with Gasteiger partial charge >= 0.3 is 5.97 Å². The Morgan fingerprint density at radius 1 is 1.04 bits per heavy atom. The summed E-state index contributed by atoms with van der Waals surface area (Å²) in [5.74, 6) is -0.751. The van der Waals surface area contributed by atoms with E-state index in [4.69, 9.17) is 5.11 Å². The largest absolute Gasteiger partial charge is 0.480 e. The third-order valence-corrected chi connectivity index (χ3v) is 5.73. The minimum Gasteiger partial charge on any atom is -0.480 e. The number of para-hydroxylation sites is 1. The highest BCUT2D eigenvalue weighted by Crippen LogP contribution is 2.37. The molecule has 1 fully saturated rings. The molecule has 0 unspecified atom stereocenters. The van der Waals surface area contributed by atoms with Crippen molar-refractivity contribution in [1.29, 1.82) is 0 Å². The Labute approximate surface area is 153 Å². The fraction of sp³-hybridized carbons (Fsp3) is 0.350. The molecule has 1 heterocycles. The van der Waals surface area contributed by atoms with Gasteiger partial charge in [-0.2, -0.15) is 0 Å². The van der Waals surface area contributed by atoms with Gasteiger partial charge in [-0.1, -0.05) is 41.6 Å². The third kappa shape index (κ3) is 4.55. The summed E-state index contributed by atoms with van der Waals surface area (Å²) in [6.45, 7) is 7.70. The monoisotopic (exact) mass is 356 g/mol. The lowest BCUT2D eigenvalue weighted by Crippen LogP contribution is -2.48. The molecule has 5 heteroatoms. The zero-order valence-corrected chi connectivity index (χ0v) is 15.6. The first-order valence-electron chi connectivity index (χ1n) is 8.56. The lowest BCUT2D eigenvalue weighted by atomic mass is 10.2. The van der Waals surface area contributed by atoms with E-state index in [2.05, 4.69) is 61.2 Å². The highest BCUT2D eigenvalue weighted by molar-refractivity contribution is 7.99. The number of rotatable bonds is 5. The van der Waals surface area contributed by atoms with Crippen LogP contribution >= 0.6 is 11.8 Å². The van der Waals surface area contributed by atoms with Crippen LogP contribution in [0.25, 0.3) is 0 Å². The molecule has 1 saturated heterocycles. The van der Waals surface area contributed by atoms with Crippen molar-refractivity contribution in [3.63, 3.8) is 0 Å². The SMILES string of the molecule is Cc1ccc(Sc2ccccc2N2CCN(CC(=O)O)CC2)c(C)c1. The Morgan fingerprint density at radius 2 is 1.76 bits per heavy atom. The number of piperazine rings is 1. The van der Waals surface area contributed by atoms with Gasteiger partial charge in [0.05, 0.1) is 12.2 Å². The van der Waals surface area contributed by atoms with E-state index in [1.807, 2.05) is 4.90 Å².